The summed E-state index contributed by atoms with van der Waals surface area (Å²) < 4.78 is 5.40. The molecular weight excluding hydrogens is 420 g/mol. The van der Waals surface area contributed by atoms with Crippen LogP contribution in [0.5, 0.6) is 5.75 Å². The molecule has 0 bridgehead atoms. The van der Waals surface area contributed by atoms with Gasteiger partial charge in [0.1, 0.15) is 29.3 Å². The van der Waals surface area contributed by atoms with Gasteiger partial charge in [0, 0.05) is 29.8 Å². The zero-order valence-corrected chi connectivity index (χ0v) is 18.7. The topological polar surface area (TPSA) is 115 Å². The molecule has 2 aromatic rings. The van der Waals surface area contributed by atoms with Crippen LogP contribution in [-0.2, 0) is 9.59 Å². The number of nitrogens with one attached hydrogen (secondary N) is 2. The third-order valence-corrected chi connectivity index (χ3v) is 7.68. The lowest BCUT2D eigenvalue weighted by Crippen LogP contribution is -2.51. The Morgan fingerprint density at radius 2 is 2.18 bits per heavy atom. The first kappa shape index (κ1) is 21.5. The number of likely N-dealkylation sites (tertiary alicyclic amines) is 1. The minimum absolute atomic E-state index is 0.111. The summed E-state index contributed by atoms with van der Waals surface area (Å²) in [6.45, 7) is 0.534. The molecule has 1 aromatic carbocycles. The van der Waals surface area contributed by atoms with Crippen LogP contribution in [0.4, 0.5) is 0 Å². The average molecular weight is 449 g/mol. The summed E-state index contributed by atoms with van der Waals surface area (Å²) in [5.74, 6) is 0.603. The number of hydrogen-bond donors (Lipinski definition) is 2. The Balaban J connectivity index is 1.35. The van der Waals surface area contributed by atoms with E-state index in [1.807, 2.05) is 18.2 Å². The molecule has 3 fully saturated rings. The van der Waals surface area contributed by atoms with Crippen LogP contribution in [0.15, 0.2) is 24.3 Å². The van der Waals surface area contributed by atoms with E-state index in [2.05, 4.69) is 16.4 Å². The van der Waals surface area contributed by atoms with Crippen LogP contribution in [0.25, 0.3) is 10.9 Å². The lowest BCUT2D eigenvalue weighted by Gasteiger charge is -2.33. The molecule has 1 aromatic heterocycles. The number of methoxy groups -OCH3 is 1. The van der Waals surface area contributed by atoms with Crippen LogP contribution in [0, 0.1) is 29.1 Å². The predicted octanol–water partition coefficient (Wildman–Crippen LogP) is 2.79. The molecular formula is C25H28N4O4. The lowest BCUT2D eigenvalue weighted by molar-refractivity contribution is -0.127. The first-order valence-corrected chi connectivity index (χ1v) is 11.7. The molecule has 33 heavy (non-hydrogen) atoms. The Morgan fingerprint density at radius 1 is 1.33 bits per heavy atom. The molecule has 2 heterocycles. The summed E-state index contributed by atoms with van der Waals surface area (Å²) >= 11 is 0. The Kier molecular flexibility index (Phi) is 5.57. The molecule has 5 atom stereocenters. The van der Waals surface area contributed by atoms with Crippen LogP contribution in [0.1, 0.15) is 49.0 Å². The van der Waals surface area contributed by atoms with Crippen LogP contribution in [0.3, 0.4) is 0 Å². The molecule has 2 N–H and O–H groups in total. The summed E-state index contributed by atoms with van der Waals surface area (Å²) in [6.07, 6.45) is 4.41. The minimum Gasteiger partial charge on any atom is -0.496 e. The molecule has 0 unspecified atom stereocenters. The van der Waals surface area contributed by atoms with Crippen LogP contribution >= 0.6 is 0 Å². The molecule has 1 aliphatic heterocycles. The van der Waals surface area contributed by atoms with E-state index in [0.29, 0.717) is 36.7 Å². The third kappa shape index (κ3) is 3.75. The summed E-state index contributed by atoms with van der Waals surface area (Å²) in [5, 5.41) is 13.3. The molecule has 8 nitrogen and oxygen atoms in total. The summed E-state index contributed by atoms with van der Waals surface area (Å²) in [6, 6.07) is 8.18. The monoisotopic (exact) mass is 448 g/mol. The smallest absolute Gasteiger partial charge is 0.271 e. The number of ether oxygens (including phenoxy) is 1. The van der Waals surface area contributed by atoms with Gasteiger partial charge in [0.15, 0.2) is 0 Å². The lowest BCUT2D eigenvalue weighted by atomic mass is 9.73. The highest BCUT2D eigenvalue weighted by molar-refractivity contribution is 6.02. The van der Waals surface area contributed by atoms with Crippen molar-refractivity contribution in [3.05, 3.63) is 30.0 Å². The Bertz CT molecular complexity index is 1150. The van der Waals surface area contributed by atoms with Gasteiger partial charge in [-0.1, -0.05) is 6.07 Å². The molecule has 2 saturated carbocycles. The highest BCUT2D eigenvalue weighted by atomic mass is 16.5. The van der Waals surface area contributed by atoms with Crippen LogP contribution < -0.4 is 10.1 Å². The van der Waals surface area contributed by atoms with Crippen LogP contribution in [-0.4, -0.2) is 53.2 Å². The SMILES string of the molecule is COc1cccc2[nH]c(C(=O)N3C[C@H]4CC[C@H]4[C@@H]3C(=O)N[C@H](C#N)C[C@@H]3CCCC3=O)cc12. The number of carbonyl (C=O) groups excluding carboxylic acids is 3. The number of fused-ring (bicyclic) bond motifs is 2. The predicted molar refractivity (Wildman–Crippen MR) is 120 cm³/mol. The van der Waals surface area contributed by atoms with Crippen molar-refractivity contribution in [3.8, 4) is 11.8 Å². The van der Waals surface area contributed by atoms with E-state index in [0.717, 1.165) is 36.6 Å². The van der Waals surface area contributed by atoms with Crippen molar-refractivity contribution < 1.29 is 19.1 Å². The van der Waals surface area contributed by atoms with Crippen molar-refractivity contribution >= 4 is 28.5 Å². The van der Waals surface area contributed by atoms with E-state index in [1.54, 1.807) is 18.1 Å². The van der Waals surface area contributed by atoms with E-state index < -0.39 is 12.1 Å². The number of hydrogen-bond acceptors (Lipinski definition) is 5. The van der Waals surface area contributed by atoms with E-state index in [4.69, 9.17) is 4.74 Å². The number of nitriles is 1. The molecule has 0 spiro atoms. The molecule has 0 radical (unpaired) electrons. The normalized spacial score (nSPS) is 27.0. The Morgan fingerprint density at radius 3 is 2.85 bits per heavy atom. The first-order valence-electron chi connectivity index (χ1n) is 11.7. The van der Waals surface area contributed by atoms with Crippen molar-refractivity contribution in [3.63, 3.8) is 0 Å². The van der Waals surface area contributed by atoms with Crippen molar-refractivity contribution in [2.24, 2.45) is 17.8 Å². The summed E-state index contributed by atoms with van der Waals surface area (Å²) in [7, 11) is 1.59. The van der Waals surface area contributed by atoms with Gasteiger partial charge in [0.05, 0.1) is 13.2 Å². The molecule has 8 heteroatoms. The zero-order chi connectivity index (χ0) is 23.1. The Labute approximate surface area is 192 Å². The second-order valence-corrected chi connectivity index (χ2v) is 9.49. The van der Waals surface area contributed by atoms with Gasteiger partial charge < -0.3 is 19.9 Å². The standard InChI is InChI=1S/C25H28N4O4/c1-33-22-7-3-5-19-18(22)11-20(28-19)25(32)29-13-15-8-9-17(15)23(29)24(31)27-16(12-26)10-14-4-2-6-21(14)30/h3,5,7,11,14-17,23,28H,2,4,6,8-10,13H2,1H3,(H,27,31)/t14-,15+,16-,17+,23+/m0/s1. The maximum Gasteiger partial charge on any atom is 0.271 e. The van der Waals surface area contributed by atoms with Gasteiger partial charge in [0.25, 0.3) is 5.91 Å². The van der Waals surface area contributed by atoms with Crippen molar-refractivity contribution in [2.45, 2.75) is 50.6 Å². The van der Waals surface area contributed by atoms with Gasteiger partial charge in [-0.3, -0.25) is 14.4 Å². The number of amides is 2. The molecule has 1 saturated heterocycles. The van der Waals surface area contributed by atoms with E-state index >= 15 is 0 Å². The zero-order valence-electron chi connectivity index (χ0n) is 18.7. The van der Waals surface area contributed by atoms with E-state index in [1.165, 1.54) is 0 Å². The van der Waals surface area contributed by atoms with Gasteiger partial charge in [-0.2, -0.15) is 5.26 Å². The maximum atomic E-state index is 13.5. The number of aromatic amines is 1. The second-order valence-electron chi connectivity index (χ2n) is 9.49. The fourth-order valence-electron chi connectivity index (χ4n) is 5.78. The van der Waals surface area contributed by atoms with Crippen molar-refractivity contribution in [1.82, 2.24) is 15.2 Å². The van der Waals surface area contributed by atoms with Crippen LogP contribution in [0.2, 0.25) is 0 Å². The van der Waals surface area contributed by atoms with Crippen molar-refractivity contribution in [2.75, 3.05) is 13.7 Å². The van der Waals surface area contributed by atoms with E-state index in [9.17, 15) is 19.6 Å². The molecule has 2 aliphatic carbocycles. The quantitative estimate of drug-likeness (QED) is 0.705. The minimum atomic E-state index is -0.724. The summed E-state index contributed by atoms with van der Waals surface area (Å²) in [4.78, 5) is 43.6. The average Bonchev–Trinajstić information content (AvgIpc) is 3.48. The van der Waals surface area contributed by atoms with Gasteiger partial charge in [0.2, 0.25) is 5.91 Å². The van der Waals surface area contributed by atoms with Gasteiger partial charge >= 0.3 is 0 Å². The molecule has 5 rings (SSSR count). The second kappa shape index (κ2) is 8.54. The molecule has 2 amide bonds. The number of Topliss-reactive ketones (excluding diaryl/α,β-unsaturated/α-hetero) is 1. The highest BCUT2D eigenvalue weighted by Crippen LogP contribution is 2.45. The maximum absolute atomic E-state index is 13.5. The number of aromatic nitrogens is 1. The number of nitrogens with zero attached hydrogens (tertiary/aromatic N) is 2. The number of ketones is 1. The number of benzene rings is 1. The number of H-pyrrole nitrogens is 1. The Hall–Kier alpha value is -3.34. The molecule has 172 valence electrons. The fraction of sp³-hybridized carbons (Fsp3) is 0.520. The largest absolute Gasteiger partial charge is 0.496 e. The van der Waals surface area contributed by atoms with E-state index in [-0.39, 0.29) is 29.4 Å². The highest BCUT2D eigenvalue weighted by Gasteiger charge is 2.52. The van der Waals surface area contributed by atoms with Gasteiger partial charge in [-0.25, -0.2) is 0 Å². The van der Waals surface area contributed by atoms with Gasteiger partial charge in [-0.05, 0) is 62.1 Å². The summed E-state index contributed by atoms with van der Waals surface area (Å²) in [5.41, 5.74) is 1.22. The third-order valence-electron chi connectivity index (χ3n) is 7.68. The number of rotatable bonds is 6. The first-order chi connectivity index (χ1) is 16.0. The van der Waals surface area contributed by atoms with Crippen molar-refractivity contribution in [1.29, 1.82) is 5.26 Å². The fourth-order valence-corrected chi connectivity index (χ4v) is 5.78. The molecule has 3 aliphatic rings. The number of carbonyl (C=O) groups is 3. The van der Waals surface area contributed by atoms with Gasteiger partial charge in [-0.15, -0.1) is 0 Å².